The number of likely N-dealkylation sites (tertiary alicyclic amines) is 1. The molecular weight excluding hydrogens is 320 g/mol. The molecule has 0 bridgehead atoms. The van der Waals surface area contributed by atoms with E-state index >= 15 is 0 Å². The predicted octanol–water partition coefficient (Wildman–Crippen LogP) is 3.49. The van der Waals surface area contributed by atoms with Crippen molar-refractivity contribution < 1.29 is 19.1 Å². The lowest BCUT2D eigenvalue weighted by Gasteiger charge is -2.22. The quantitative estimate of drug-likeness (QED) is 0.453. The average molecular weight is 357 g/mol. The van der Waals surface area contributed by atoms with Crippen LogP contribution in [0.3, 0.4) is 0 Å². The van der Waals surface area contributed by atoms with Gasteiger partial charge in [-0.1, -0.05) is 19.8 Å². The number of amides is 1. The lowest BCUT2D eigenvalue weighted by Crippen LogP contribution is -2.39. The molecule has 0 radical (unpaired) electrons. The molecule has 146 valence electrons. The Morgan fingerprint density at radius 1 is 1.20 bits per heavy atom. The summed E-state index contributed by atoms with van der Waals surface area (Å²) in [6.07, 6.45) is 6.38. The Balaban J connectivity index is 2.36. The second-order valence-electron chi connectivity index (χ2n) is 7.26. The van der Waals surface area contributed by atoms with E-state index in [0.717, 1.165) is 38.6 Å². The van der Waals surface area contributed by atoms with E-state index in [9.17, 15) is 9.59 Å². The summed E-state index contributed by atoms with van der Waals surface area (Å²) in [5.41, 5.74) is 0. The van der Waals surface area contributed by atoms with E-state index in [2.05, 4.69) is 24.2 Å². The monoisotopic (exact) mass is 356 g/mol. The molecule has 1 aliphatic heterocycles. The molecule has 0 aromatic rings. The first-order valence-corrected chi connectivity index (χ1v) is 9.76. The van der Waals surface area contributed by atoms with Gasteiger partial charge in [-0.25, -0.2) is 4.79 Å². The van der Waals surface area contributed by atoms with Crippen molar-refractivity contribution in [3.8, 4) is 0 Å². The molecule has 25 heavy (non-hydrogen) atoms. The molecule has 2 unspecified atom stereocenters. The van der Waals surface area contributed by atoms with Gasteiger partial charge in [-0.15, -0.1) is 0 Å². The highest BCUT2D eigenvalue weighted by molar-refractivity contribution is 5.70. The number of nitrogens with one attached hydrogen (secondary N) is 1. The van der Waals surface area contributed by atoms with Crippen molar-refractivity contribution in [1.29, 1.82) is 0 Å². The number of ether oxygens (including phenoxy) is 2. The van der Waals surface area contributed by atoms with Crippen molar-refractivity contribution in [3.05, 3.63) is 0 Å². The van der Waals surface area contributed by atoms with Gasteiger partial charge >= 0.3 is 12.1 Å². The molecule has 0 aromatic carbocycles. The van der Waals surface area contributed by atoms with Gasteiger partial charge in [0.05, 0.1) is 6.10 Å². The number of alkyl carbamates (subject to hydrolysis) is 1. The maximum absolute atomic E-state index is 12.1. The average Bonchev–Trinajstić information content (AvgIpc) is 2.95. The summed E-state index contributed by atoms with van der Waals surface area (Å²) in [6, 6.07) is 0.395. The number of carbonyl (C=O) groups excluding carboxylic acids is 2. The van der Waals surface area contributed by atoms with E-state index in [4.69, 9.17) is 9.47 Å². The van der Waals surface area contributed by atoms with E-state index in [1.54, 1.807) is 0 Å². The molecule has 6 nitrogen and oxygen atoms in total. The largest absolute Gasteiger partial charge is 0.463 e. The second-order valence-corrected chi connectivity index (χ2v) is 7.26. The SMILES string of the molecule is CCCCCC(CCC(=O)OC(C)C)OC(=O)NCC1CCCN1C. The van der Waals surface area contributed by atoms with Gasteiger partial charge in [-0.05, 0) is 59.5 Å². The highest BCUT2D eigenvalue weighted by atomic mass is 16.6. The summed E-state index contributed by atoms with van der Waals surface area (Å²) < 4.78 is 10.7. The van der Waals surface area contributed by atoms with Crippen LogP contribution in [0.25, 0.3) is 0 Å². The Bertz CT molecular complexity index is 401. The Kier molecular flexibility index (Phi) is 10.5. The topological polar surface area (TPSA) is 67.9 Å². The summed E-state index contributed by atoms with van der Waals surface area (Å²) in [7, 11) is 2.08. The van der Waals surface area contributed by atoms with Gasteiger partial charge in [0.2, 0.25) is 0 Å². The molecule has 1 amide bonds. The number of unbranched alkanes of at least 4 members (excludes halogenated alkanes) is 2. The zero-order chi connectivity index (χ0) is 18.7. The van der Waals surface area contributed by atoms with Crippen LogP contribution in [-0.4, -0.2) is 55.3 Å². The highest BCUT2D eigenvalue weighted by Gasteiger charge is 2.22. The van der Waals surface area contributed by atoms with Gasteiger partial charge in [0.25, 0.3) is 0 Å². The summed E-state index contributed by atoms with van der Waals surface area (Å²) in [5.74, 6) is -0.230. The van der Waals surface area contributed by atoms with Gasteiger partial charge in [-0.3, -0.25) is 4.79 Å². The van der Waals surface area contributed by atoms with Gasteiger partial charge in [0.1, 0.15) is 6.10 Å². The predicted molar refractivity (Wildman–Crippen MR) is 98.5 cm³/mol. The number of hydrogen-bond donors (Lipinski definition) is 1. The number of likely N-dealkylation sites (N-methyl/N-ethyl adjacent to an activating group) is 1. The van der Waals surface area contributed by atoms with Crippen LogP contribution in [0.5, 0.6) is 0 Å². The fourth-order valence-corrected chi connectivity index (χ4v) is 3.12. The van der Waals surface area contributed by atoms with Gasteiger partial charge in [0.15, 0.2) is 0 Å². The summed E-state index contributed by atoms with van der Waals surface area (Å²) in [6.45, 7) is 7.51. The number of rotatable bonds is 11. The van der Waals surface area contributed by atoms with Gasteiger partial charge in [-0.2, -0.15) is 0 Å². The van der Waals surface area contributed by atoms with Crippen LogP contribution < -0.4 is 5.32 Å². The molecule has 0 saturated carbocycles. The van der Waals surface area contributed by atoms with E-state index in [-0.39, 0.29) is 30.7 Å². The minimum Gasteiger partial charge on any atom is -0.463 e. The van der Waals surface area contributed by atoms with Crippen LogP contribution in [0.4, 0.5) is 4.79 Å². The number of esters is 1. The fraction of sp³-hybridized carbons (Fsp3) is 0.895. The third-order valence-corrected chi connectivity index (χ3v) is 4.59. The van der Waals surface area contributed by atoms with Crippen molar-refractivity contribution in [1.82, 2.24) is 10.2 Å². The summed E-state index contributed by atoms with van der Waals surface area (Å²) in [4.78, 5) is 26.1. The van der Waals surface area contributed by atoms with Gasteiger partial charge < -0.3 is 19.7 Å². The molecule has 0 aliphatic carbocycles. The highest BCUT2D eigenvalue weighted by Crippen LogP contribution is 2.15. The number of nitrogens with zero attached hydrogens (tertiary/aromatic N) is 1. The maximum atomic E-state index is 12.1. The molecule has 1 heterocycles. The third kappa shape index (κ3) is 9.68. The molecule has 1 rings (SSSR count). The lowest BCUT2D eigenvalue weighted by molar-refractivity contribution is -0.148. The van der Waals surface area contributed by atoms with Crippen LogP contribution in [0.2, 0.25) is 0 Å². The van der Waals surface area contributed by atoms with Crippen molar-refractivity contribution in [2.24, 2.45) is 0 Å². The molecule has 1 fully saturated rings. The van der Waals surface area contributed by atoms with Crippen molar-refractivity contribution in [2.45, 2.75) is 90.4 Å². The van der Waals surface area contributed by atoms with Crippen LogP contribution in [-0.2, 0) is 14.3 Å². The fourth-order valence-electron chi connectivity index (χ4n) is 3.12. The minimum absolute atomic E-state index is 0.112. The molecule has 0 spiro atoms. The Labute approximate surface area is 152 Å². The van der Waals surface area contributed by atoms with Crippen LogP contribution in [0.1, 0.15) is 72.1 Å². The lowest BCUT2D eigenvalue weighted by atomic mass is 10.1. The molecule has 2 atom stereocenters. The molecule has 0 aromatic heterocycles. The second kappa shape index (κ2) is 12.1. The minimum atomic E-state index is -0.376. The van der Waals surface area contributed by atoms with Gasteiger partial charge in [0, 0.05) is 19.0 Å². The smallest absolute Gasteiger partial charge is 0.407 e. The number of hydrogen-bond acceptors (Lipinski definition) is 5. The maximum Gasteiger partial charge on any atom is 0.407 e. The molecule has 1 aliphatic rings. The third-order valence-electron chi connectivity index (χ3n) is 4.59. The first-order valence-electron chi connectivity index (χ1n) is 9.76. The van der Waals surface area contributed by atoms with Crippen LogP contribution in [0.15, 0.2) is 0 Å². The Morgan fingerprint density at radius 2 is 1.96 bits per heavy atom. The normalized spacial score (nSPS) is 19.0. The molecule has 1 N–H and O–H groups in total. The summed E-state index contributed by atoms with van der Waals surface area (Å²) >= 11 is 0. The molecule has 6 heteroatoms. The van der Waals surface area contributed by atoms with Crippen LogP contribution in [0, 0.1) is 0 Å². The first-order chi connectivity index (χ1) is 11.9. The van der Waals surface area contributed by atoms with E-state index in [0.29, 0.717) is 19.0 Å². The summed E-state index contributed by atoms with van der Waals surface area (Å²) in [5, 5.41) is 2.88. The zero-order valence-corrected chi connectivity index (χ0v) is 16.4. The number of carbonyl (C=O) groups is 2. The molecular formula is C19H36N2O4. The van der Waals surface area contributed by atoms with Crippen molar-refractivity contribution >= 4 is 12.1 Å². The van der Waals surface area contributed by atoms with E-state index < -0.39 is 0 Å². The van der Waals surface area contributed by atoms with Crippen molar-refractivity contribution in [2.75, 3.05) is 20.1 Å². The zero-order valence-electron chi connectivity index (χ0n) is 16.4. The first kappa shape index (κ1) is 21.7. The Morgan fingerprint density at radius 3 is 2.56 bits per heavy atom. The van der Waals surface area contributed by atoms with E-state index in [1.807, 2.05) is 13.8 Å². The standard InChI is InChI=1S/C19H36N2O4/c1-5-6-7-10-17(11-12-18(22)24-15(2)3)25-19(23)20-14-16-9-8-13-21(16)4/h15-17H,5-14H2,1-4H3,(H,20,23). The van der Waals surface area contributed by atoms with Crippen LogP contribution >= 0.6 is 0 Å². The Hall–Kier alpha value is -1.30. The van der Waals surface area contributed by atoms with E-state index in [1.165, 1.54) is 6.42 Å². The van der Waals surface area contributed by atoms with Crippen molar-refractivity contribution in [3.63, 3.8) is 0 Å². The molecule has 1 saturated heterocycles.